The highest BCUT2D eigenvalue weighted by molar-refractivity contribution is 8.00. The molecule has 27 heteroatoms. The number of piperidine rings is 4. The quantitative estimate of drug-likeness (QED) is 0.0893. The number of esters is 1. The van der Waals surface area contributed by atoms with Crippen LogP contribution >= 0.6 is 11.8 Å². The van der Waals surface area contributed by atoms with Crippen LogP contribution in [-0.2, 0) is 59.0 Å². The maximum absolute atomic E-state index is 15.8. The second-order valence-corrected chi connectivity index (χ2v) is 27.7. The molecule has 8 aliphatic rings. The van der Waals surface area contributed by atoms with E-state index in [1.54, 1.807) is 66.1 Å². The molecule has 0 saturated carbocycles. The monoisotopic (exact) mass is 1350 g/mol. The van der Waals surface area contributed by atoms with Crippen LogP contribution < -0.4 is 36.4 Å². The highest BCUT2D eigenvalue weighted by atomic mass is 32.2. The number of halogens is 1. The Balaban J connectivity index is 0.808. The number of unbranched alkanes of at least 4 members (excludes halogenated alkanes) is 2. The molecule has 8 fully saturated rings. The highest BCUT2D eigenvalue weighted by Gasteiger charge is 2.48. The van der Waals surface area contributed by atoms with E-state index < -0.39 is 108 Å². The lowest BCUT2D eigenvalue weighted by molar-refractivity contribution is -0.158. The zero-order valence-corrected chi connectivity index (χ0v) is 56.3. The number of carbonyl (C=O) groups excluding carboxylic acids is 11. The standard InChI is InChI=1S/C69H91FN12O13S/c1-6-52-64(88)80-27-13-16-54(80)65(89)76(5)56(34-45-20-18-42(2)19-21-45)66(90)82-38-48(41-96-58-40-77-28-24-46(58)25-29-77)57(84)36-55(82)62(86)75-61(47-14-9-7-10-15-47)67(91)94-43(3)60(63(87)73-52)74-59(85)17-11-8-12-26-71-68(92)79-32-30-78(31-33-79)53-23-22-49(35-51(53)70)81-39-50(95-69(81)93)37-72-44(4)83/h7,9-10,14-15,18-23,35,43,46,48,50,52,54-56,58,60-61H,6,8,11-13,16-17,24-34,36-41H2,1-5H3,(H,71,92)(H,72,83)(H,73,87)(H,74,85)(H,75,86)/t43-,48+,50+,52?,54+,55+,56+,58?,60+,61+/m1/s1. The average Bonchev–Trinajstić information content (AvgIpc) is 0.996. The van der Waals surface area contributed by atoms with Crippen molar-refractivity contribution in [3.05, 3.63) is 95.3 Å². The number of hydrogen-bond donors (Lipinski definition) is 5. The smallest absolute Gasteiger partial charge is 0.414 e. The Morgan fingerprint density at radius 3 is 2.18 bits per heavy atom. The first-order chi connectivity index (χ1) is 46.1. The number of aryl methyl sites for hydroxylation is 1. The molecule has 10 amide bonds. The van der Waals surface area contributed by atoms with Gasteiger partial charge in [-0.3, -0.25) is 43.3 Å². The Kier molecular flexibility index (Phi) is 23.6. The number of nitrogens with zero attached hydrogens (tertiary/aromatic N) is 7. The molecule has 3 aromatic rings. The Labute approximate surface area is 563 Å². The molecule has 2 unspecified atom stereocenters. The molecule has 8 aliphatic heterocycles. The number of cyclic esters (lactones) is 2. The van der Waals surface area contributed by atoms with Crippen LogP contribution in [0.15, 0.2) is 72.8 Å². The number of amides is 10. The molecule has 0 aliphatic carbocycles. The van der Waals surface area contributed by atoms with E-state index >= 15 is 18.8 Å². The normalized spacial score (nSPS) is 27.8. The first-order valence-electron chi connectivity index (χ1n) is 33.9. The van der Waals surface area contributed by atoms with Crippen LogP contribution in [0, 0.1) is 24.6 Å². The van der Waals surface area contributed by atoms with Gasteiger partial charge in [-0.1, -0.05) is 73.5 Å². The van der Waals surface area contributed by atoms with Crippen LogP contribution in [0.25, 0.3) is 0 Å². The summed E-state index contributed by atoms with van der Waals surface area (Å²) < 4.78 is 27.0. The molecule has 0 spiro atoms. The molecule has 0 radical (unpaired) electrons. The molecule has 10 atom stereocenters. The third-order valence-corrected chi connectivity index (χ3v) is 21.4. The van der Waals surface area contributed by atoms with E-state index in [9.17, 15) is 38.4 Å². The van der Waals surface area contributed by atoms with Crippen LogP contribution in [-0.4, -0.2) is 229 Å². The van der Waals surface area contributed by atoms with Gasteiger partial charge in [0, 0.05) is 103 Å². The Morgan fingerprint density at radius 2 is 1.49 bits per heavy atom. The number of likely N-dealkylation sites (N-methyl/N-ethyl adjacent to an activating group) is 1. The molecule has 8 saturated heterocycles. The maximum Gasteiger partial charge on any atom is 0.414 e. The predicted molar refractivity (Wildman–Crippen MR) is 356 cm³/mol. The molecule has 25 nitrogen and oxygen atoms in total. The van der Waals surface area contributed by atoms with Gasteiger partial charge in [0.1, 0.15) is 54.0 Å². The summed E-state index contributed by atoms with van der Waals surface area (Å²) in [5.74, 6) is -5.63. The molecule has 11 rings (SSSR count). The number of rotatable bonds is 18. The summed E-state index contributed by atoms with van der Waals surface area (Å²) in [6.45, 7) is 11.3. The molecule has 8 heterocycles. The third kappa shape index (κ3) is 17.1. The lowest BCUT2D eigenvalue weighted by Crippen LogP contribution is -2.63. The van der Waals surface area contributed by atoms with Gasteiger partial charge >= 0.3 is 18.1 Å². The van der Waals surface area contributed by atoms with E-state index in [4.69, 9.17) is 9.47 Å². The van der Waals surface area contributed by atoms with Crippen molar-refractivity contribution in [3.63, 3.8) is 0 Å². The summed E-state index contributed by atoms with van der Waals surface area (Å²) in [6, 6.07) is 12.0. The number of ketones is 1. The highest BCUT2D eigenvalue weighted by Crippen LogP contribution is 2.38. The van der Waals surface area contributed by atoms with E-state index in [0.29, 0.717) is 80.2 Å². The number of hydrogen-bond acceptors (Lipinski definition) is 16. The predicted octanol–water partition coefficient (Wildman–Crippen LogP) is 3.84. The number of Topliss-reactive ketones (excluding diaryl/α,β-unsaturated/α-hetero) is 1. The van der Waals surface area contributed by atoms with Crippen LogP contribution in [0.4, 0.5) is 25.4 Å². The number of thioether (sulfide) groups is 1. The van der Waals surface area contributed by atoms with Crippen molar-refractivity contribution in [2.75, 3.05) is 101 Å². The minimum atomic E-state index is -1.58. The summed E-state index contributed by atoms with van der Waals surface area (Å²) in [5, 5.41) is 14.2. The van der Waals surface area contributed by atoms with Crippen molar-refractivity contribution in [2.45, 2.75) is 152 Å². The summed E-state index contributed by atoms with van der Waals surface area (Å²) in [4.78, 5) is 167. The second kappa shape index (κ2) is 32.1. The molecule has 0 aromatic heterocycles. The molecular weight excluding hydrogens is 1260 g/mol. The van der Waals surface area contributed by atoms with Crippen molar-refractivity contribution in [1.82, 2.24) is 51.1 Å². The number of benzene rings is 3. The van der Waals surface area contributed by atoms with Crippen molar-refractivity contribution < 1.29 is 66.6 Å². The molecule has 96 heavy (non-hydrogen) atoms. The van der Waals surface area contributed by atoms with Gasteiger partial charge in [0.05, 0.1) is 24.5 Å². The van der Waals surface area contributed by atoms with Crippen molar-refractivity contribution in [2.24, 2.45) is 11.8 Å². The second-order valence-electron chi connectivity index (χ2n) is 26.4. The van der Waals surface area contributed by atoms with Gasteiger partial charge in [-0.05, 0) is 107 Å². The van der Waals surface area contributed by atoms with Crippen molar-refractivity contribution >= 4 is 88.4 Å². The molecule has 3 aromatic carbocycles. The summed E-state index contributed by atoms with van der Waals surface area (Å²) >= 11 is 1.73. The number of nitrogens with one attached hydrogen (secondary N) is 5. The summed E-state index contributed by atoms with van der Waals surface area (Å²) in [6.07, 6.45) is 1.20. The minimum absolute atomic E-state index is 0.0370. The lowest BCUT2D eigenvalue weighted by atomic mass is 9.88. The molecule has 5 N–H and O–H groups in total. The Bertz CT molecular complexity index is 3350. The van der Waals surface area contributed by atoms with Gasteiger partial charge in [0.25, 0.3) is 0 Å². The fourth-order valence-electron chi connectivity index (χ4n) is 14.1. The minimum Gasteiger partial charge on any atom is -0.458 e. The van der Waals surface area contributed by atoms with Crippen molar-refractivity contribution in [3.8, 4) is 0 Å². The SMILES string of the molecule is CCC1NC(=O)[C@@H](NC(=O)CCCCCNC(=O)N2CCN(c3ccc(N4C[C@H](CNC(C)=O)OC4=O)cc3F)CC2)[C@@H](C)OC(=O)[C@H](c2ccccc2)NC(=O)[C@@H]2CC(=O)[C@H](CSC3CN4CCC3CC4)CN2C(=O)[C@H](Cc2ccc(C)cc2)N(C)C(=O)[C@@H]2CCCN2C1=O. The van der Waals surface area contributed by atoms with Crippen LogP contribution in [0.2, 0.25) is 0 Å². The maximum atomic E-state index is 15.8. The van der Waals surface area contributed by atoms with Gasteiger partial charge < -0.3 is 65.5 Å². The first kappa shape index (κ1) is 70.5. The van der Waals surface area contributed by atoms with E-state index in [2.05, 4.69) is 31.5 Å². The molecular formula is C69H91FN12O13S. The fraction of sp³-hybridized carbons (Fsp3) is 0.580. The van der Waals surface area contributed by atoms with Gasteiger partial charge in [-0.25, -0.2) is 18.8 Å². The number of carbonyl (C=O) groups is 11. The van der Waals surface area contributed by atoms with Gasteiger partial charge in [0.15, 0.2) is 6.04 Å². The van der Waals surface area contributed by atoms with Gasteiger partial charge in [0.2, 0.25) is 41.4 Å². The van der Waals surface area contributed by atoms with Crippen LogP contribution in [0.3, 0.4) is 0 Å². The van der Waals surface area contributed by atoms with E-state index in [1.165, 1.54) is 46.6 Å². The summed E-state index contributed by atoms with van der Waals surface area (Å²) in [5.41, 5.74) is 2.63. The topological polar surface area (TPSA) is 289 Å². The zero-order valence-electron chi connectivity index (χ0n) is 55.5. The largest absolute Gasteiger partial charge is 0.458 e. The summed E-state index contributed by atoms with van der Waals surface area (Å²) in [7, 11) is 1.52. The van der Waals surface area contributed by atoms with Crippen molar-refractivity contribution in [1.29, 1.82) is 0 Å². The van der Waals surface area contributed by atoms with Gasteiger partial charge in [-0.15, -0.1) is 0 Å². The number of urea groups is 1. The first-order valence-corrected chi connectivity index (χ1v) is 34.9. The number of piperazine rings is 1. The molecule has 518 valence electrons. The number of anilines is 2. The van der Waals surface area contributed by atoms with Gasteiger partial charge in [-0.2, -0.15) is 11.8 Å². The Hall–Kier alpha value is -8.33. The number of ether oxygens (including phenoxy) is 2. The fourth-order valence-corrected chi connectivity index (χ4v) is 15.7. The lowest BCUT2D eigenvalue weighted by Gasteiger charge is -2.45. The van der Waals surface area contributed by atoms with E-state index in [1.807, 2.05) is 36.1 Å². The van der Waals surface area contributed by atoms with Crippen LogP contribution in [0.5, 0.6) is 0 Å². The zero-order chi connectivity index (χ0) is 68.3. The van der Waals surface area contributed by atoms with E-state index in [-0.39, 0.29) is 88.1 Å². The number of fused-ring (bicyclic) bond motifs is 5. The third-order valence-electron chi connectivity index (χ3n) is 19.8. The molecule has 2 bridgehead atoms. The average molecular weight is 1350 g/mol. The Morgan fingerprint density at radius 1 is 0.750 bits per heavy atom. The van der Waals surface area contributed by atoms with Crippen LogP contribution in [0.1, 0.15) is 108 Å². The van der Waals surface area contributed by atoms with E-state index in [0.717, 1.165) is 43.6 Å².